The van der Waals surface area contributed by atoms with Gasteiger partial charge in [0.1, 0.15) is 5.82 Å². The second-order valence-corrected chi connectivity index (χ2v) is 2.62. The Labute approximate surface area is 63.1 Å². The molecule has 1 aromatic heterocycles. The normalized spacial score (nSPS) is 14.9. The minimum atomic E-state index is -0.164. The maximum atomic E-state index is 11.1. The fourth-order valence-electron chi connectivity index (χ4n) is 1.37. The Kier molecular flexibility index (Phi) is 1.21. The minimum Gasteiger partial charge on any atom is -0.493 e. The quantitative estimate of drug-likeness (QED) is 0.564. The van der Waals surface area contributed by atoms with Gasteiger partial charge < -0.3 is 5.11 Å². The maximum Gasteiger partial charge on any atom is 0.257 e. The first-order valence-electron chi connectivity index (χ1n) is 3.57. The van der Waals surface area contributed by atoms with E-state index in [4.69, 9.17) is 5.11 Å². The molecular weight excluding hydrogens is 144 g/mol. The molecule has 0 spiro atoms. The fourth-order valence-corrected chi connectivity index (χ4v) is 1.37. The number of hydrogen-bond acceptors (Lipinski definition) is 3. The lowest BCUT2D eigenvalue weighted by molar-refractivity contribution is 0.445. The summed E-state index contributed by atoms with van der Waals surface area (Å²) < 4.78 is 1.60. The van der Waals surface area contributed by atoms with Crippen LogP contribution in [0.15, 0.2) is 10.9 Å². The number of aromatic nitrogens is 2. The van der Waals surface area contributed by atoms with Crippen LogP contribution in [-0.2, 0) is 13.0 Å². The molecule has 2 heterocycles. The molecule has 1 aliphatic heterocycles. The molecule has 58 valence electrons. The van der Waals surface area contributed by atoms with Crippen molar-refractivity contribution in [3.05, 3.63) is 22.2 Å². The predicted molar refractivity (Wildman–Crippen MR) is 38.5 cm³/mol. The number of aromatic hydroxyl groups is 1. The van der Waals surface area contributed by atoms with Crippen LogP contribution in [0.25, 0.3) is 0 Å². The van der Waals surface area contributed by atoms with E-state index in [-0.39, 0.29) is 11.4 Å². The first-order chi connectivity index (χ1) is 5.27. The highest BCUT2D eigenvalue weighted by atomic mass is 16.3. The molecule has 1 N–H and O–H groups in total. The molecule has 0 atom stereocenters. The summed E-state index contributed by atoms with van der Waals surface area (Å²) in [4.78, 5) is 14.9. The smallest absolute Gasteiger partial charge is 0.257 e. The summed E-state index contributed by atoms with van der Waals surface area (Å²) in [5, 5.41) is 8.95. The summed E-state index contributed by atoms with van der Waals surface area (Å²) in [5.74, 6) is 0.540. The van der Waals surface area contributed by atoms with Crippen LogP contribution in [0.5, 0.6) is 5.88 Å². The van der Waals surface area contributed by atoms with E-state index in [1.165, 1.54) is 0 Å². The fraction of sp³-hybridized carbons (Fsp3) is 0.429. The van der Waals surface area contributed by atoms with Gasteiger partial charge >= 0.3 is 0 Å². The lowest BCUT2D eigenvalue weighted by Crippen LogP contribution is -2.18. The zero-order valence-electron chi connectivity index (χ0n) is 5.95. The van der Waals surface area contributed by atoms with E-state index >= 15 is 0 Å². The summed E-state index contributed by atoms with van der Waals surface area (Å²) in [7, 11) is 0. The molecule has 0 fully saturated rings. The monoisotopic (exact) mass is 152 g/mol. The van der Waals surface area contributed by atoms with Crippen molar-refractivity contribution in [1.82, 2.24) is 9.55 Å². The molecule has 0 unspecified atom stereocenters. The van der Waals surface area contributed by atoms with Gasteiger partial charge in [0.2, 0.25) is 5.88 Å². The third kappa shape index (κ3) is 0.906. The van der Waals surface area contributed by atoms with Crippen LogP contribution in [0.2, 0.25) is 0 Å². The molecular formula is C7H8N2O2. The standard InChI is InChI=1S/C7H8N2O2/c10-6-4-7(11)9-3-1-2-5(9)8-6/h4,10H,1-3H2. The molecule has 2 rings (SSSR count). The van der Waals surface area contributed by atoms with Crippen LogP contribution in [0.1, 0.15) is 12.2 Å². The van der Waals surface area contributed by atoms with Crippen LogP contribution in [0.4, 0.5) is 0 Å². The van der Waals surface area contributed by atoms with E-state index in [2.05, 4.69) is 4.98 Å². The number of fused-ring (bicyclic) bond motifs is 1. The third-order valence-electron chi connectivity index (χ3n) is 1.86. The zero-order valence-corrected chi connectivity index (χ0v) is 5.95. The van der Waals surface area contributed by atoms with Gasteiger partial charge in [-0.25, -0.2) is 4.98 Å². The largest absolute Gasteiger partial charge is 0.493 e. The first-order valence-corrected chi connectivity index (χ1v) is 3.57. The summed E-state index contributed by atoms with van der Waals surface area (Å²) >= 11 is 0. The summed E-state index contributed by atoms with van der Waals surface area (Å²) in [6.07, 6.45) is 1.75. The Balaban J connectivity index is 2.70. The van der Waals surface area contributed by atoms with Crippen LogP contribution >= 0.6 is 0 Å². The van der Waals surface area contributed by atoms with Crippen molar-refractivity contribution >= 4 is 0 Å². The summed E-state index contributed by atoms with van der Waals surface area (Å²) in [6.45, 7) is 0.738. The highest BCUT2D eigenvalue weighted by Crippen LogP contribution is 2.10. The molecule has 0 amide bonds. The van der Waals surface area contributed by atoms with E-state index < -0.39 is 0 Å². The first kappa shape index (κ1) is 6.39. The van der Waals surface area contributed by atoms with Gasteiger partial charge in [0.25, 0.3) is 5.56 Å². The Hall–Kier alpha value is -1.32. The van der Waals surface area contributed by atoms with E-state index in [9.17, 15) is 4.79 Å². The molecule has 11 heavy (non-hydrogen) atoms. The van der Waals surface area contributed by atoms with Crippen LogP contribution in [0, 0.1) is 0 Å². The summed E-state index contributed by atoms with van der Waals surface area (Å²) in [5.41, 5.74) is -0.148. The lowest BCUT2D eigenvalue weighted by atomic mass is 10.4. The second-order valence-electron chi connectivity index (χ2n) is 2.62. The molecule has 4 heteroatoms. The number of nitrogens with zero attached hydrogens (tertiary/aromatic N) is 2. The average molecular weight is 152 g/mol. The van der Waals surface area contributed by atoms with Crippen LogP contribution in [0.3, 0.4) is 0 Å². The SMILES string of the molecule is O=c1cc(O)nc2n1CCC2. The maximum absolute atomic E-state index is 11.1. The van der Waals surface area contributed by atoms with Crippen molar-refractivity contribution in [2.45, 2.75) is 19.4 Å². The molecule has 0 radical (unpaired) electrons. The van der Waals surface area contributed by atoms with E-state index in [0.717, 1.165) is 25.5 Å². The number of hydrogen-bond donors (Lipinski definition) is 1. The zero-order chi connectivity index (χ0) is 7.84. The Morgan fingerprint density at radius 2 is 2.45 bits per heavy atom. The Bertz CT molecular complexity index is 343. The molecule has 1 aliphatic rings. The van der Waals surface area contributed by atoms with Gasteiger partial charge in [0.05, 0.1) is 6.07 Å². The van der Waals surface area contributed by atoms with E-state index in [1.54, 1.807) is 4.57 Å². The van der Waals surface area contributed by atoms with Crippen molar-refractivity contribution in [1.29, 1.82) is 0 Å². The second kappa shape index (κ2) is 2.08. The van der Waals surface area contributed by atoms with Gasteiger partial charge in [-0.05, 0) is 6.42 Å². The third-order valence-corrected chi connectivity index (χ3v) is 1.86. The van der Waals surface area contributed by atoms with Crippen molar-refractivity contribution < 1.29 is 5.11 Å². The van der Waals surface area contributed by atoms with Gasteiger partial charge in [0, 0.05) is 13.0 Å². The van der Waals surface area contributed by atoms with Gasteiger partial charge in [-0.3, -0.25) is 9.36 Å². The number of rotatable bonds is 0. The topological polar surface area (TPSA) is 55.1 Å². The molecule has 0 aliphatic carbocycles. The van der Waals surface area contributed by atoms with Gasteiger partial charge in [-0.2, -0.15) is 0 Å². The lowest BCUT2D eigenvalue weighted by Gasteiger charge is -1.99. The van der Waals surface area contributed by atoms with Crippen LogP contribution in [-0.4, -0.2) is 14.7 Å². The van der Waals surface area contributed by atoms with Crippen molar-refractivity contribution in [2.24, 2.45) is 0 Å². The molecule has 4 nitrogen and oxygen atoms in total. The highest BCUT2D eigenvalue weighted by molar-refractivity contribution is 5.10. The summed E-state index contributed by atoms with van der Waals surface area (Å²) in [6, 6.07) is 1.15. The highest BCUT2D eigenvalue weighted by Gasteiger charge is 2.13. The van der Waals surface area contributed by atoms with E-state index in [0.29, 0.717) is 5.82 Å². The molecule has 0 bridgehead atoms. The number of aryl methyl sites for hydroxylation is 1. The van der Waals surface area contributed by atoms with E-state index in [1.807, 2.05) is 0 Å². The van der Waals surface area contributed by atoms with Crippen molar-refractivity contribution in [3.8, 4) is 5.88 Å². The van der Waals surface area contributed by atoms with Gasteiger partial charge in [0.15, 0.2) is 0 Å². The minimum absolute atomic E-state index is 0.148. The average Bonchev–Trinajstić information content (AvgIpc) is 2.34. The van der Waals surface area contributed by atoms with Crippen molar-refractivity contribution in [3.63, 3.8) is 0 Å². The molecule has 0 saturated heterocycles. The predicted octanol–water partition coefficient (Wildman–Crippen LogP) is -0.105. The Morgan fingerprint density at radius 1 is 1.64 bits per heavy atom. The Morgan fingerprint density at radius 3 is 3.27 bits per heavy atom. The molecule has 1 aromatic rings. The van der Waals surface area contributed by atoms with Crippen LogP contribution < -0.4 is 5.56 Å². The van der Waals surface area contributed by atoms with Gasteiger partial charge in [-0.15, -0.1) is 0 Å². The molecule has 0 saturated carbocycles. The van der Waals surface area contributed by atoms with Gasteiger partial charge in [-0.1, -0.05) is 0 Å². The molecule has 0 aromatic carbocycles. The van der Waals surface area contributed by atoms with Crippen molar-refractivity contribution in [2.75, 3.05) is 0 Å².